The molecule has 0 fully saturated rings. The Balaban J connectivity index is 2.05. The smallest absolute Gasteiger partial charge is 0.142 e. The largest absolute Gasteiger partial charge is 0.487 e. The lowest BCUT2D eigenvalue weighted by atomic mass is 10.1. The van der Waals surface area contributed by atoms with Crippen LogP contribution in [0.1, 0.15) is 16.0 Å². The molecule has 0 radical (unpaired) electrons. The molecule has 100 valence electrons. The van der Waals surface area contributed by atoms with Crippen molar-refractivity contribution in [3.8, 4) is 5.75 Å². The van der Waals surface area contributed by atoms with Gasteiger partial charge in [0, 0.05) is 0 Å². The maximum atomic E-state index is 9.08. The van der Waals surface area contributed by atoms with Gasteiger partial charge in [-0.2, -0.15) is 0 Å². The topological polar surface area (TPSA) is 55.5 Å². The van der Waals surface area contributed by atoms with E-state index in [9.17, 15) is 0 Å². The first-order chi connectivity index (χ1) is 9.20. The molecule has 0 aliphatic carbocycles. The van der Waals surface area contributed by atoms with Crippen LogP contribution in [0, 0.1) is 0 Å². The van der Waals surface area contributed by atoms with Gasteiger partial charge in [0.15, 0.2) is 0 Å². The molecule has 0 saturated carbocycles. The molecule has 2 aromatic carbocycles. The van der Waals surface area contributed by atoms with Crippen LogP contribution in [-0.2, 0) is 6.61 Å². The van der Waals surface area contributed by atoms with E-state index in [1.54, 1.807) is 0 Å². The van der Waals surface area contributed by atoms with Crippen LogP contribution in [0.3, 0.4) is 0 Å². The van der Waals surface area contributed by atoms with Gasteiger partial charge >= 0.3 is 0 Å². The van der Waals surface area contributed by atoms with E-state index in [0.29, 0.717) is 18.0 Å². The number of nitrogens with two attached hydrogens (primary N) is 1. The van der Waals surface area contributed by atoms with E-state index in [0.717, 1.165) is 11.1 Å². The zero-order valence-electron chi connectivity index (χ0n) is 10.4. The molecule has 0 bridgehead atoms. The highest BCUT2D eigenvalue weighted by Gasteiger charge is 2.08. The van der Waals surface area contributed by atoms with Gasteiger partial charge in [0.1, 0.15) is 12.4 Å². The standard InChI is InChI=1S/C15H16BrNO2/c16-13(9-18)12-6-7-15(14(17)8-12)19-10-11-4-2-1-3-5-11/h1-8,13,18H,9-10,17H2. The van der Waals surface area contributed by atoms with Crippen molar-refractivity contribution in [3.63, 3.8) is 0 Å². The Kier molecular flexibility index (Phi) is 4.82. The summed E-state index contributed by atoms with van der Waals surface area (Å²) in [6, 6.07) is 15.5. The minimum absolute atomic E-state index is 0.0314. The lowest BCUT2D eigenvalue weighted by Crippen LogP contribution is -2.01. The van der Waals surface area contributed by atoms with Gasteiger partial charge in [-0.15, -0.1) is 0 Å². The first-order valence-corrected chi connectivity index (χ1v) is 6.93. The molecule has 2 rings (SSSR count). The Morgan fingerprint density at radius 1 is 1.16 bits per heavy atom. The van der Waals surface area contributed by atoms with Gasteiger partial charge in [0.2, 0.25) is 0 Å². The maximum Gasteiger partial charge on any atom is 0.142 e. The molecule has 0 aliphatic rings. The van der Waals surface area contributed by atoms with Crippen molar-refractivity contribution in [3.05, 3.63) is 59.7 Å². The molecule has 0 aliphatic heterocycles. The van der Waals surface area contributed by atoms with Crippen molar-refractivity contribution in [2.45, 2.75) is 11.4 Å². The molecular formula is C15H16BrNO2. The van der Waals surface area contributed by atoms with Crippen molar-refractivity contribution < 1.29 is 9.84 Å². The number of anilines is 1. The van der Waals surface area contributed by atoms with Gasteiger partial charge in [0.05, 0.1) is 17.1 Å². The summed E-state index contributed by atoms with van der Waals surface area (Å²) >= 11 is 3.37. The van der Waals surface area contributed by atoms with E-state index in [-0.39, 0.29) is 11.4 Å². The third kappa shape index (κ3) is 3.72. The van der Waals surface area contributed by atoms with Crippen LogP contribution in [0.5, 0.6) is 5.75 Å². The normalized spacial score (nSPS) is 12.1. The van der Waals surface area contributed by atoms with Crippen LogP contribution < -0.4 is 10.5 Å². The zero-order valence-corrected chi connectivity index (χ0v) is 12.0. The van der Waals surface area contributed by atoms with Gasteiger partial charge in [-0.3, -0.25) is 0 Å². The van der Waals surface area contributed by atoms with Crippen LogP contribution in [0.4, 0.5) is 5.69 Å². The number of rotatable bonds is 5. The minimum atomic E-state index is -0.0991. The lowest BCUT2D eigenvalue weighted by Gasteiger charge is -2.12. The van der Waals surface area contributed by atoms with Crippen molar-refractivity contribution in [1.29, 1.82) is 0 Å². The molecule has 0 aromatic heterocycles. The van der Waals surface area contributed by atoms with Crippen molar-refractivity contribution in [2.75, 3.05) is 12.3 Å². The number of hydrogen-bond donors (Lipinski definition) is 2. The van der Waals surface area contributed by atoms with Gasteiger partial charge in [-0.1, -0.05) is 52.3 Å². The van der Waals surface area contributed by atoms with Crippen molar-refractivity contribution in [2.24, 2.45) is 0 Å². The predicted molar refractivity (Wildman–Crippen MR) is 80.4 cm³/mol. The number of aliphatic hydroxyl groups is 1. The fraction of sp³-hybridized carbons (Fsp3) is 0.200. The molecule has 0 saturated heterocycles. The first-order valence-electron chi connectivity index (χ1n) is 6.02. The summed E-state index contributed by atoms with van der Waals surface area (Å²) in [7, 11) is 0. The zero-order chi connectivity index (χ0) is 13.7. The van der Waals surface area contributed by atoms with Gasteiger partial charge < -0.3 is 15.6 Å². The van der Waals surface area contributed by atoms with Crippen LogP contribution in [-0.4, -0.2) is 11.7 Å². The van der Waals surface area contributed by atoms with Gasteiger partial charge in [0.25, 0.3) is 0 Å². The number of halogens is 1. The molecule has 1 atom stereocenters. The molecule has 0 spiro atoms. The van der Waals surface area contributed by atoms with E-state index in [1.165, 1.54) is 0 Å². The fourth-order valence-corrected chi connectivity index (χ4v) is 2.02. The molecule has 1 unspecified atom stereocenters. The highest BCUT2D eigenvalue weighted by molar-refractivity contribution is 9.09. The number of alkyl halides is 1. The number of nitrogen functional groups attached to an aromatic ring is 1. The number of ether oxygens (including phenoxy) is 1. The van der Waals surface area contributed by atoms with Crippen LogP contribution in [0.15, 0.2) is 48.5 Å². The Bertz CT molecular complexity index is 531. The third-order valence-corrected chi connectivity index (χ3v) is 3.61. The number of hydrogen-bond acceptors (Lipinski definition) is 3. The summed E-state index contributed by atoms with van der Waals surface area (Å²) in [5.41, 5.74) is 8.56. The van der Waals surface area contributed by atoms with E-state index in [4.69, 9.17) is 15.6 Å². The third-order valence-electron chi connectivity index (χ3n) is 2.79. The van der Waals surface area contributed by atoms with Crippen molar-refractivity contribution in [1.82, 2.24) is 0 Å². The lowest BCUT2D eigenvalue weighted by molar-refractivity contribution is 0.297. The Morgan fingerprint density at radius 3 is 2.53 bits per heavy atom. The Labute approximate surface area is 121 Å². The molecule has 0 amide bonds. The van der Waals surface area contributed by atoms with E-state index < -0.39 is 0 Å². The second kappa shape index (κ2) is 6.59. The molecule has 19 heavy (non-hydrogen) atoms. The van der Waals surface area contributed by atoms with Crippen LogP contribution in [0.25, 0.3) is 0 Å². The Morgan fingerprint density at radius 2 is 1.89 bits per heavy atom. The Hall–Kier alpha value is -1.52. The second-order valence-electron chi connectivity index (χ2n) is 4.22. The van der Waals surface area contributed by atoms with Crippen LogP contribution in [0.2, 0.25) is 0 Å². The summed E-state index contributed by atoms with van der Waals surface area (Å²) < 4.78 is 5.69. The molecule has 3 nitrogen and oxygen atoms in total. The summed E-state index contributed by atoms with van der Waals surface area (Å²) in [5.74, 6) is 0.658. The number of benzene rings is 2. The molecule has 0 heterocycles. The molecular weight excluding hydrogens is 306 g/mol. The minimum Gasteiger partial charge on any atom is -0.487 e. The molecule has 3 N–H and O–H groups in total. The van der Waals surface area contributed by atoms with Crippen LogP contribution >= 0.6 is 15.9 Å². The second-order valence-corrected chi connectivity index (χ2v) is 5.33. The SMILES string of the molecule is Nc1cc(C(Br)CO)ccc1OCc1ccccc1. The summed E-state index contributed by atoms with van der Waals surface area (Å²) in [6.07, 6.45) is 0. The highest BCUT2D eigenvalue weighted by atomic mass is 79.9. The summed E-state index contributed by atoms with van der Waals surface area (Å²) in [6.45, 7) is 0.520. The van der Waals surface area contributed by atoms with Crippen molar-refractivity contribution >= 4 is 21.6 Å². The van der Waals surface area contributed by atoms with Gasteiger partial charge in [-0.25, -0.2) is 0 Å². The van der Waals surface area contributed by atoms with E-state index in [1.807, 2.05) is 48.5 Å². The van der Waals surface area contributed by atoms with E-state index >= 15 is 0 Å². The molecule has 4 heteroatoms. The fourth-order valence-electron chi connectivity index (χ4n) is 1.73. The predicted octanol–water partition coefficient (Wildman–Crippen LogP) is 3.28. The quantitative estimate of drug-likeness (QED) is 0.656. The van der Waals surface area contributed by atoms with Gasteiger partial charge in [-0.05, 0) is 23.3 Å². The van der Waals surface area contributed by atoms with E-state index in [2.05, 4.69) is 15.9 Å². The summed E-state index contributed by atoms with van der Waals surface area (Å²) in [5, 5.41) is 9.08. The monoisotopic (exact) mass is 321 g/mol. The average molecular weight is 322 g/mol. The highest BCUT2D eigenvalue weighted by Crippen LogP contribution is 2.29. The summed E-state index contributed by atoms with van der Waals surface area (Å²) in [4.78, 5) is -0.0991. The average Bonchev–Trinajstić information content (AvgIpc) is 2.46. The first kappa shape index (κ1) is 13.9. The maximum absolute atomic E-state index is 9.08. The number of aliphatic hydroxyl groups excluding tert-OH is 1. The molecule has 2 aromatic rings.